The number of fused-ring (bicyclic) bond motifs is 1. The normalized spacial score (nSPS) is 8.67. The van der Waals surface area contributed by atoms with Gasteiger partial charge in [-0.05, 0) is 23.6 Å². The molecular formula is C8H9Cl2NO. The smallest absolute Gasteiger partial charge is 0.117 e. The predicted molar refractivity (Wildman–Crippen MR) is 54.5 cm³/mol. The van der Waals surface area contributed by atoms with E-state index in [1.807, 2.05) is 18.3 Å². The Morgan fingerprint density at radius 2 is 1.83 bits per heavy atom. The summed E-state index contributed by atoms with van der Waals surface area (Å²) in [6, 6.07) is 7.22. The lowest BCUT2D eigenvalue weighted by Crippen LogP contribution is -1.65. The first-order valence-corrected chi connectivity index (χ1v) is 3.12. The first-order chi connectivity index (χ1) is 4.86. The Balaban J connectivity index is 0.000000605. The van der Waals surface area contributed by atoms with Gasteiger partial charge in [-0.25, -0.2) is 0 Å². The van der Waals surface area contributed by atoms with E-state index in [0.717, 1.165) is 10.9 Å². The lowest BCUT2D eigenvalue weighted by atomic mass is 10.2. The zero-order valence-corrected chi connectivity index (χ0v) is 7.78. The van der Waals surface area contributed by atoms with Crippen molar-refractivity contribution in [2.24, 2.45) is 0 Å². The summed E-state index contributed by atoms with van der Waals surface area (Å²) >= 11 is 0. The standard InChI is InChI=1S/C8H7NO.2ClH/c10-7-2-1-6-3-4-9-8(6)5-7;;/h1-5,9-10H;2*1H. The van der Waals surface area contributed by atoms with Crippen molar-refractivity contribution in [2.75, 3.05) is 0 Å². The number of phenols is 1. The number of phenolic OH excluding ortho intramolecular Hbond substituents is 1. The van der Waals surface area contributed by atoms with E-state index in [4.69, 9.17) is 5.11 Å². The highest BCUT2D eigenvalue weighted by molar-refractivity contribution is 5.85. The third-order valence-corrected chi connectivity index (χ3v) is 1.54. The second-order valence-electron chi connectivity index (χ2n) is 2.25. The van der Waals surface area contributed by atoms with Crippen molar-refractivity contribution in [3.63, 3.8) is 0 Å². The van der Waals surface area contributed by atoms with E-state index in [1.165, 1.54) is 0 Å². The minimum atomic E-state index is 0. The average Bonchev–Trinajstić information content (AvgIpc) is 2.33. The maximum atomic E-state index is 9.03. The third-order valence-electron chi connectivity index (χ3n) is 1.54. The molecule has 0 aliphatic rings. The first-order valence-electron chi connectivity index (χ1n) is 3.12. The molecular weight excluding hydrogens is 197 g/mol. The van der Waals surface area contributed by atoms with Crippen molar-refractivity contribution in [1.82, 2.24) is 4.98 Å². The van der Waals surface area contributed by atoms with Crippen molar-refractivity contribution in [2.45, 2.75) is 0 Å². The molecule has 2 rings (SSSR count). The highest BCUT2D eigenvalue weighted by Crippen LogP contribution is 2.17. The average molecular weight is 206 g/mol. The fourth-order valence-corrected chi connectivity index (χ4v) is 1.04. The van der Waals surface area contributed by atoms with E-state index in [9.17, 15) is 0 Å². The van der Waals surface area contributed by atoms with Gasteiger partial charge in [-0.1, -0.05) is 0 Å². The van der Waals surface area contributed by atoms with Crippen LogP contribution in [-0.2, 0) is 0 Å². The quantitative estimate of drug-likeness (QED) is 0.682. The van der Waals surface area contributed by atoms with Crippen LogP contribution in [0.2, 0.25) is 0 Å². The summed E-state index contributed by atoms with van der Waals surface area (Å²) in [5, 5.41) is 10.2. The molecule has 0 bridgehead atoms. The van der Waals surface area contributed by atoms with Crippen molar-refractivity contribution in [3.05, 3.63) is 30.5 Å². The van der Waals surface area contributed by atoms with Gasteiger partial charge in [0.15, 0.2) is 0 Å². The van der Waals surface area contributed by atoms with Crippen LogP contribution in [0.3, 0.4) is 0 Å². The van der Waals surface area contributed by atoms with Crippen LogP contribution in [-0.4, -0.2) is 10.1 Å². The van der Waals surface area contributed by atoms with Crippen LogP contribution in [0.15, 0.2) is 30.5 Å². The van der Waals surface area contributed by atoms with Crippen LogP contribution < -0.4 is 0 Å². The molecule has 66 valence electrons. The van der Waals surface area contributed by atoms with Gasteiger partial charge in [0.2, 0.25) is 0 Å². The van der Waals surface area contributed by atoms with Gasteiger partial charge in [0, 0.05) is 17.8 Å². The third kappa shape index (κ3) is 1.84. The second kappa shape index (κ2) is 4.24. The van der Waals surface area contributed by atoms with E-state index in [0.29, 0.717) is 5.75 Å². The largest absolute Gasteiger partial charge is 0.508 e. The molecule has 1 heterocycles. The fourth-order valence-electron chi connectivity index (χ4n) is 1.04. The number of aromatic nitrogens is 1. The zero-order chi connectivity index (χ0) is 6.97. The number of hydrogen-bond donors (Lipinski definition) is 2. The molecule has 2 nitrogen and oxygen atoms in total. The molecule has 0 atom stereocenters. The van der Waals surface area contributed by atoms with E-state index >= 15 is 0 Å². The van der Waals surface area contributed by atoms with Crippen LogP contribution in [0.25, 0.3) is 10.9 Å². The molecule has 1 aromatic carbocycles. The summed E-state index contributed by atoms with van der Waals surface area (Å²) in [5.41, 5.74) is 0.972. The Morgan fingerprint density at radius 3 is 2.58 bits per heavy atom. The predicted octanol–water partition coefficient (Wildman–Crippen LogP) is 2.72. The van der Waals surface area contributed by atoms with Gasteiger partial charge in [0.25, 0.3) is 0 Å². The summed E-state index contributed by atoms with van der Waals surface area (Å²) < 4.78 is 0. The molecule has 0 saturated carbocycles. The number of aromatic amines is 1. The number of halogens is 2. The van der Waals surface area contributed by atoms with Gasteiger partial charge < -0.3 is 10.1 Å². The Kier molecular flexibility index (Phi) is 3.93. The highest BCUT2D eigenvalue weighted by Gasteiger charge is 1.92. The Hall–Kier alpha value is -0.860. The van der Waals surface area contributed by atoms with Crippen LogP contribution in [0, 0.1) is 0 Å². The molecule has 0 aliphatic carbocycles. The lowest BCUT2D eigenvalue weighted by Gasteiger charge is -1.89. The Bertz CT molecular complexity index is 359. The summed E-state index contributed by atoms with van der Waals surface area (Å²) in [6.45, 7) is 0. The summed E-state index contributed by atoms with van der Waals surface area (Å²) in [5.74, 6) is 0.301. The van der Waals surface area contributed by atoms with E-state index in [-0.39, 0.29) is 24.8 Å². The van der Waals surface area contributed by atoms with Crippen LogP contribution in [0.5, 0.6) is 5.75 Å². The van der Waals surface area contributed by atoms with Crippen LogP contribution in [0.1, 0.15) is 0 Å². The Morgan fingerprint density at radius 1 is 1.08 bits per heavy atom. The van der Waals surface area contributed by atoms with E-state index in [2.05, 4.69) is 4.98 Å². The molecule has 4 heteroatoms. The molecule has 1 aromatic heterocycles. The number of nitrogens with one attached hydrogen (secondary N) is 1. The summed E-state index contributed by atoms with van der Waals surface area (Å²) in [4.78, 5) is 3.00. The Labute approximate surface area is 82.4 Å². The topological polar surface area (TPSA) is 36.0 Å². The zero-order valence-electron chi connectivity index (χ0n) is 6.15. The number of hydrogen-bond acceptors (Lipinski definition) is 1. The molecule has 0 saturated heterocycles. The number of H-pyrrole nitrogens is 1. The van der Waals surface area contributed by atoms with Gasteiger partial charge in [-0.2, -0.15) is 0 Å². The van der Waals surface area contributed by atoms with E-state index in [1.54, 1.807) is 12.1 Å². The maximum Gasteiger partial charge on any atom is 0.117 e. The lowest BCUT2D eigenvalue weighted by molar-refractivity contribution is 0.476. The van der Waals surface area contributed by atoms with Crippen molar-refractivity contribution in [1.29, 1.82) is 0 Å². The molecule has 2 N–H and O–H groups in total. The van der Waals surface area contributed by atoms with E-state index < -0.39 is 0 Å². The fraction of sp³-hybridized carbons (Fsp3) is 0. The molecule has 12 heavy (non-hydrogen) atoms. The van der Waals surface area contributed by atoms with Crippen molar-refractivity contribution in [3.8, 4) is 5.75 Å². The van der Waals surface area contributed by atoms with Crippen molar-refractivity contribution < 1.29 is 5.11 Å². The molecule has 0 spiro atoms. The SMILES string of the molecule is Cl.Cl.Oc1ccc2cc[nH]c2c1. The maximum absolute atomic E-state index is 9.03. The number of aromatic hydroxyl groups is 1. The van der Waals surface area contributed by atoms with Gasteiger partial charge in [0.05, 0.1) is 0 Å². The summed E-state index contributed by atoms with van der Waals surface area (Å²) in [6.07, 6.45) is 1.85. The van der Waals surface area contributed by atoms with Crippen LogP contribution >= 0.6 is 24.8 Å². The molecule has 2 aromatic rings. The van der Waals surface area contributed by atoms with Gasteiger partial charge in [-0.15, -0.1) is 24.8 Å². The number of rotatable bonds is 0. The second-order valence-corrected chi connectivity index (χ2v) is 2.25. The summed E-state index contributed by atoms with van der Waals surface area (Å²) in [7, 11) is 0. The first kappa shape index (κ1) is 11.1. The van der Waals surface area contributed by atoms with Gasteiger partial charge in [0.1, 0.15) is 5.75 Å². The minimum Gasteiger partial charge on any atom is -0.508 e. The highest BCUT2D eigenvalue weighted by atomic mass is 35.5. The molecule has 0 amide bonds. The molecule has 0 radical (unpaired) electrons. The molecule has 0 fully saturated rings. The van der Waals surface area contributed by atoms with Gasteiger partial charge in [-0.3, -0.25) is 0 Å². The molecule has 0 aliphatic heterocycles. The minimum absolute atomic E-state index is 0. The monoisotopic (exact) mass is 205 g/mol. The van der Waals surface area contributed by atoms with Crippen LogP contribution in [0.4, 0.5) is 0 Å². The van der Waals surface area contributed by atoms with Crippen molar-refractivity contribution >= 4 is 35.7 Å². The molecule has 0 unspecified atom stereocenters. The number of benzene rings is 1. The van der Waals surface area contributed by atoms with Gasteiger partial charge >= 0.3 is 0 Å².